The van der Waals surface area contributed by atoms with Crippen molar-refractivity contribution >= 4 is 10.0 Å². The highest BCUT2D eigenvalue weighted by Gasteiger charge is 2.41. The lowest BCUT2D eigenvalue weighted by Crippen LogP contribution is -2.43. The Morgan fingerprint density at radius 3 is 2.16 bits per heavy atom. The summed E-state index contributed by atoms with van der Waals surface area (Å²) in [5, 5.41) is 0. The molecule has 0 aromatic heterocycles. The molecule has 2 rings (SSSR count). The summed E-state index contributed by atoms with van der Waals surface area (Å²) in [5.74, 6) is -0.394. The molecule has 1 aromatic carbocycles. The largest absolute Gasteiger partial charge is 0.244 e. The predicted molar refractivity (Wildman–Crippen MR) is 73.1 cm³/mol. The summed E-state index contributed by atoms with van der Waals surface area (Å²) in [4.78, 5) is 0.254. The SMILES string of the molecule is Cc1cc(F)cc(C)c1S(=O)(=O)N1CCCC1(C)C. The molecule has 0 saturated carbocycles. The normalized spacial score (nSPS) is 19.8. The fraction of sp³-hybridized carbons (Fsp3) is 0.571. The van der Waals surface area contributed by atoms with Crippen molar-refractivity contribution < 1.29 is 12.8 Å². The Labute approximate surface area is 114 Å². The van der Waals surface area contributed by atoms with Crippen molar-refractivity contribution in [3.63, 3.8) is 0 Å². The zero-order valence-electron chi connectivity index (χ0n) is 11.8. The highest BCUT2D eigenvalue weighted by atomic mass is 32.2. The van der Waals surface area contributed by atoms with E-state index in [0.717, 1.165) is 12.8 Å². The van der Waals surface area contributed by atoms with Gasteiger partial charge < -0.3 is 0 Å². The summed E-state index contributed by atoms with van der Waals surface area (Å²) in [5.41, 5.74) is 0.576. The summed E-state index contributed by atoms with van der Waals surface area (Å²) in [6, 6.07) is 2.56. The maximum atomic E-state index is 13.3. The molecule has 106 valence electrons. The van der Waals surface area contributed by atoms with Crippen molar-refractivity contribution in [3.05, 3.63) is 29.1 Å². The van der Waals surface area contributed by atoms with Crippen LogP contribution in [0.2, 0.25) is 0 Å². The molecule has 1 saturated heterocycles. The maximum absolute atomic E-state index is 13.3. The molecule has 0 unspecified atom stereocenters. The van der Waals surface area contributed by atoms with E-state index in [4.69, 9.17) is 0 Å². The van der Waals surface area contributed by atoms with E-state index in [9.17, 15) is 12.8 Å². The average molecular weight is 285 g/mol. The zero-order chi connectivity index (χ0) is 14.4. The predicted octanol–water partition coefficient (Wildman–Crippen LogP) is 3.01. The third-order valence-electron chi connectivity index (χ3n) is 3.80. The Morgan fingerprint density at radius 1 is 1.21 bits per heavy atom. The van der Waals surface area contributed by atoms with Crippen LogP contribution in [-0.4, -0.2) is 24.8 Å². The number of rotatable bonds is 2. The van der Waals surface area contributed by atoms with E-state index < -0.39 is 15.8 Å². The first-order chi connectivity index (χ1) is 8.66. The van der Waals surface area contributed by atoms with E-state index in [1.54, 1.807) is 18.2 Å². The van der Waals surface area contributed by atoms with E-state index in [2.05, 4.69) is 0 Å². The smallest absolute Gasteiger partial charge is 0.207 e. The van der Waals surface area contributed by atoms with Gasteiger partial charge in [-0.25, -0.2) is 12.8 Å². The second-order valence-electron chi connectivity index (χ2n) is 5.86. The van der Waals surface area contributed by atoms with E-state index in [1.165, 1.54) is 12.1 Å². The third kappa shape index (κ3) is 2.41. The van der Waals surface area contributed by atoms with Gasteiger partial charge in [-0.3, -0.25) is 0 Å². The molecule has 19 heavy (non-hydrogen) atoms. The van der Waals surface area contributed by atoms with Crippen molar-refractivity contribution in [3.8, 4) is 0 Å². The second-order valence-corrected chi connectivity index (χ2v) is 7.66. The summed E-state index contributed by atoms with van der Waals surface area (Å²) >= 11 is 0. The third-order valence-corrected chi connectivity index (χ3v) is 6.22. The number of aryl methyl sites for hydroxylation is 2. The lowest BCUT2D eigenvalue weighted by molar-refractivity contribution is 0.291. The molecule has 3 nitrogen and oxygen atoms in total. The molecule has 1 aliphatic rings. The molecule has 0 amide bonds. The van der Waals surface area contributed by atoms with Crippen LogP contribution < -0.4 is 0 Å². The quantitative estimate of drug-likeness (QED) is 0.837. The number of hydrogen-bond acceptors (Lipinski definition) is 2. The Balaban J connectivity index is 2.58. The molecule has 0 aliphatic carbocycles. The van der Waals surface area contributed by atoms with Crippen LogP contribution in [0.1, 0.15) is 37.8 Å². The van der Waals surface area contributed by atoms with Gasteiger partial charge in [-0.05, 0) is 63.8 Å². The van der Waals surface area contributed by atoms with Gasteiger partial charge >= 0.3 is 0 Å². The number of nitrogens with zero attached hydrogens (tertiary/aromatic N) is 1. The van der Waals surface area contributed by atoms with Crippen LogP contribution in [0.15, 0.2) is 17.0 Å². The summed E-state index contributed by atoms with van der Waals surface area (Å²) < 4.78 is 40.5. The minimum Gasteiger partial charge on any atom is -0.207 e. The Kier molecular flexibility index (Phi) is 3.47. The van der Waals surface area contributed by atoms with Gasteiger partial charge in [0, 0.05) is 12.1 Å². The second kappa shape index (κ2) is 4.56. The van der Waals surface area contributed by atoms with E-state index in [-0.39, 0.29) is 10.4 Å². The molecular weight excluding hydrogens is 265 g/mol. The van der Waals surface area contributed by atoms with Gasteiger partial charge in [0.25, 0.3) is 0 Å². The minimum absolute atomic E-state index is 0.254. The molecule has 1 aromatic rings. The van der Waals surface area contributed by atoms with Crippen LogP contribution in [0.4, 0.5) is 4.39 Å². The fourth-order valence-electron chi connectivity index (χ4n) is 2.94. The number of benzene rings is 1. The van der Waals surface area contributed by atoms with Crippen LogP contribution in [-0.2, 0) is 10.0 Å². The van der Waals surface area contributed by atoms with E-state index in [0.29, 0.717) is 17.7 Å². The van der Waals surface area contributed by atoms with Gasteiger partial charge in [0.05, 0.1) is 4.90 Å². The highest BCUT2D eigenvalue weighted by Crippen LogP contribution is 2.36. The Morgan fingerprint density at radius 2 is 1.74 bits per heavy atom. The molecule has 1 fully saturated rings. The Hall–Kier alpha value is -0.940. The van der Waals surface area contributed by atoms with Gasteiger partial charge in [-0.1, -0.05) is 0 Å². The topological polar surface area (TPSA) is 37.4 Å². The summed E-state index contributed by atoms with van der Waals surface area (Å²) in [6.45, 7) is 7.70. The molecule has 5 heteroatoms. The van der Waals surface area contributed by atoms with E-state index >= 15 is 0 Å². The molecule has 0 atom stereocenters. The van der Waals surface area contributed by atoms with Crippen molar-refractivity contribution in [1.82, 2.24) is 4.31 Å². The molecule has 0 radical (unpaired) electrons. The number of sulfonamides is 1. The van der Waals surface area contributed by atoms with Crippen LogP contribution in [0.25, 0.3) is 0 Å². The summed E-state index contributed by atoms with van der Waals surface area (Å²) in [6.07, 6.45) is 1.72. The van der Waals surface area contributed by atoms with Crippen molar-refractivity contribution in [2.45, 2.75) is 51.0 Å². The molecule has 1 aliphatic heterocycles. The zero-order valence-corrected chi connectivity index (χ0v) is 12.6. The van der Waals surface area contributed by atoms with Gasteiger partial charge in [0.2, 0.25) is 10.0 Å². The first-order valence-electron chi connectivity index (χ1n) is 6.46. The standard InChI is InChI=1S/C14H20FNO2S/c1-10-8-12(15)9-11(2)13(10)19(17,18)16-7-5-6-14(16,3)4/h8-9H,5-7H2,1-4H3. The first-order valence-corrected chi connectivity index (χ1v) is 7.90. The lowest BCUT2D eigenvalue weighted by Gasteiger charge is -2.31. The van der Waals surface area contributed by atoms with Gasteiger partial charge in [-0.2, -0.15) is 4.31 Å². The highest BCUT2D eigenvalue weighted by molar-refractivity contribution is 7.89. The fourth-order valence-corrected chi connectivity index (χ4v) is 5.21. The molecular formula is C14H20FNO2S. The van der Waals surface area contributed by atoms with Crippen LogP contribution in [0.5, 0.6) is 0 Å². The minimum atomic E-state index is -3.56. The van der Waals surface area contributed by atoms with Crippen LogP contribution in [0.3, 0.4) is 0 Å². The Bertz CT molecular complexity index is 585. The van der Waals surface area contributed by atoms with E-state index in [1.807, 2.05) is 13.8 Å². The van der Waals surface area contributed by atoms with Gasteiger partial charge in [-0.15, -0.1) is 0 Å². The van der Waals surface area contributed by atoms with Crippen LogP contribution >= 0.6 is 0 Å². The maximum Gasteiger partial charge on any atom is 0.244 e. The van der Waals surface area contributed by atoms with Gasteiger partial charge in [0.15, 0.2) is 0 Å². The van der Waals surface area contributed by atoms with Crippen molar-refractivity contribution in [1.29, 1.82) is 0 Å². The van der Waals surface area contributed by atoms with Gasteiger partial charge in [0.1, 0.15) is 5.82 Å². The average Bonchev–Trinajstić information content (AvgIpc) is 2.56. The monoisotopic (exact) mass is 285 g/mol. The summed E-state index contributed by atoms with van der Waals surface area (Å²) in [7, 11) is -3.56. The number of halogens is 1. The lowest BCUT2D eigenvalue weighted by atomic mass is 10.0. The first kappa shape index (κ1) is 14.5. The molecule has 0 bridgehead atoms. The molecule has 0 spiro atoms. The number of hydrogen-bond donors (Lipinski definition) is 0. The van der Waals surface area contributed by atoms with Crippen molar-refractivity contribution in [2.75, 3.05) is 6.54 Å². The van der Waals surface area contributed by atoms with Crippen LogP contribution in [0, 0.1) is 19.7 Å². The molecule has 1 heterocycles. The van der Waals surface area contributed by atoms with Crippen molar-refractivity contribution in [2.24, 2.45) is 0 Å². The molecule has 0 N–H and O–H groups in total.